The van der Waals surface area contributed by atoms with Gasteiger partial charge in [0.05, 0.1) is 17.9 Å². The summed E-state index contributed by atoms with van der Waals surface area (Å²) < 4.78 is 0. The number of pyridine rings is 1. The fourth-order valence-corrected chi connectivity index (χ4v) is 2.41. The van der Waals surface area contributed by atoms with Crippen molar-refractivity contribution in [3.63, 3.8) is 0 Å². The normalized spacial score (nSPS) is 17.4. The third-order valence-corrected chi connectivity index (χ3v) is 3.58. The van der Waals surface area contributed by atoms with Crippen molar-refractivity contribution >= 4 is 11.6 Å². The molecule has 1 unspecified atom stereocenters. The minimum atomic E-state index is -0.189. The van der Waals surface area contributed by atoms with Crippen molar-refractivity contribution in [2.45, 2.75) is 25.9 Å². The summed E-state index contributed by atoms with van der Waals surface area (Å²) in [4.78, 5) is 16.4. The summed E-state index contributed by atoms with van der Waals surface area (Å²) in [6.07, 6.45) is 2.41. The van der Waals surface area contributed by atoms with E-state index >= 15 is 0 Å². The van der Waals surface area contributed by atoms with Gasteiger partial charge in [-0.05, 0) is 36.6 Å². The van der Waals surface area contributed by atoms with Gasteiger partial charge in [-0.15, -0.1) is 0 Å². The van der Waals surface area contributed by atoms with Gasteiger partial charge in [0.1, 0.15) is 0 Å². The van der Waals surface area contributed by atoms with Gasteiger partial charge in [-0.1, -0.05) is 24.3 Å². The number of carbonyl (C=O) groups excluding carboxylic acids is 1. The maximum atomic E-state index is 12.3. The van der Waals surface area contributed by atoms with Crippen molar-refractivity contribution in [3.05, 3.63) is 59.4 Å². The molecule has 0 aliphatic carbocycles. The number of aryl methyl sites for hydroxylation is 1. The lowest BCUT2D eigenvalue weighted by molar-refractivity contribution is -0.118. The molecule has 4 heteroatoms. The summed E-state index contributed by atoms with van der Waals surface area (Å²) in [5, 5.41) is 6.18. The Bertz CT molecular complexity index is 622. The molecule has 1 aliphatic rings. The first-order valence-corrected chi connectivity index (χ1v) is 6.76. The van der Waals surface area contributed by atoms with Crippen molar-refractivity contribution in [2.75, 3.05) is 5.32 Å². The number of aromatic nitrogens is 1. The van der Waals surface area contributed by atoms with Crippen molar-refractivity contribution < 1.29 is 4.79 Å². The SMILES string of the molecule is Cc1ccc(NC(=O)C2Cc3ccccc3CN2)cn1. The van der Waals surface area contributed by atoms with E-state index in [2.05, 4.69) is 27.8 Å². The summed E-state index contributed by atoms with van der Waals surface area (Å²) in [6, 6.07) is 11.8. The summed E-state index contributed by atoms with van der Waals surface area (Å²) in [6.45, 7) is 2.66. The molecule has 4 nitrogen and oxygen atoms in total. The van der Waals surface area contributed by atoms with Crippen LogP contribution in [0.1, 0.15) is 16.8 Å². The molecule has 3 rings (SSSR count). The zero-order valence-corrected chi connectivity index (χ0v) is 11.4. The molecule has 1 aromatic heterocycles. The first kappa shape index (κ1) is 12.8. The second-order valence-electron chi connectivity index (χ2n) is 5.08. The topological polar surface area (TPSA) is 54.0 Å². The number of benzene rings is 1. The van der Waals surface area contributed by atoms with Gasteiger partial charge in [0, 0.05) is 12.2 Å². The van der Waals surface area contributed by atoms with E-state index in [0.717, 1.165) is 24.3 Å². The van der Waals surface area contributed by atoms with Crippen LogP contribution >= 0.6 is 0 Å². The molecule has 102 valence electrons. The molecule has 1 amide bonds. The molecule has 0 saturated carbocycles. The van der Waals surface area contributed by atoms with E-state index < -0.39 is 0 Å². The van der Waals surface area contributed by atoms with E-state index in [1.807, 2.05) is 31.2 Å². The number of carbonyl (C=O) groups is 1. The van der Waals surface area contributed by atoms with Crippen molar-refractivity contribution in [1.82, 2.24) is 10.3 Å². The van der Waals surface area contributed by atoms with Crippen LogP contribution in [0.5, 0.6) is 0 Å². The van der Waals surface area contributed by atoms with Gasteiger partial charge in [0.25, 0.3) is 0 Å². The lowest BCUT2D eigenvalue weighted by atomic mass is 9.95. The Morgan fingerprint density at radius 1 is 1.25 bits per heavy atom. The molecule has 0 spiro atoms. The van der Waals surface area contributed by atoms with E-state index in [0.29, 0.717) is 0 Å². The zero-order valence-electron chi connectivity index (χ0n) is 11.4. The summed E-state index contributed by atoms with van der Waals surface area (Å²) in [7, 11) is 0. The number of rotatable bonds is 2. The Balaban J connectivity index is 1.68. The van der Waals surface area contributed by atoms with Gasteiger partial charge < -0.3 is 10.6 Å². The molecule has 0 bridgehead atoms. The van der Waals surface area contributed by atoms with Crippen LogP contribution in [0.25, 0.3) is 0 Å². The van der Waals surface area contributed by atoms with Crippen LogP contribution in [0.15, 0.2) is 42.6 Å². The van der Waals surface area contributed by atoms with Crippen molar-refractivity contribution in [1.29, 1.82) is 0 Å². The summed E-state index contributed by atoms with van der Waals surface area (Å²) in [5.41, 5.74) is 4.19. The van der Waals surface area contributed by atoms with Crippen molar-refractivity contribution in [2.24, 2.45) is 0 Å². The summed E-state index contributed by atoms with van der Waals surface area (Å²) in [5.74, 6) is -0.00911. The van der Waals surface area contributed by atoms with E-state index in [9.17, 15) is 4.79 Å². The van der Waals surface area contributed by atoms with Crippen LogP contribution in [0.3, 0.4) is 0 Å². The predicted octanol–water partition coefficient (Wildman–Crippen LogP) is 2.04. The van der Waals surface area contributed by atoms with Gasteiger partial charge in [-0.25, -0.2) is 0 Å². The van der Waals surface area contributed by atoms with Gasteiger partial charge in [-0.2, -0.15) is 0 Å². The largest absolute Gasteiger partial charge is 0.323 e. The quantitative estimate of drug-likeness (QED) is 0.875. The minimum absolute atomic E-state index is 0.00911. The van der Waals surface area contributed by atoms with E-state index in [-0.39, 0.29) is 11.9 Å². The molecule has 2 aromatic rings. The number of hydrogen-bond donors (Lipinski definition) is 2. The molecule has 2 N–H and O–H groups in total. The number of hydrogen-bond acceptors (Lipinski definition) is 3. The van der Waals surface area contributed by atoms with Gasteiger partial charge in [0.2, 0.25) is 5.91 Å². The maximum absolute atomic E-state index is 12.3. The average molecular weight is 267 g/mol. The third kappa shape index (κ3) is 2.70. The smallest absolute Gasteiger partial charge is 0.241 e. The molecule has 20 heavy (non-hydrogen) atoms. The Kier molecular flexibility index (Phi) is 3.48. The molecule has 0 saturated heterocycles. The number of fused-ring (bicyclic) bond motifs is 1. The lowest BCUT2D eigenvalue weighted by Crippen LogP contribution is -2.44. The Morgan fingerprint density at radius 2 is 2.05 bits per heavy atom. The number of nitrogens with zero attached hydrogens (tertiary/aromatic N) is 1. The predicted molar refractivity (Wildman–Crippen MR) is 78.4 cm³/mol. The number of amides is 1. The zero-order chi connectivity index (χ0) is 13.9. The average Bonchev–Trinajstić information content (AvgIpc) is 2.49. The third-order valence-electron chi connectivity index (χ3n) is 3.58. The first-order chi connectivity index (χ1) is 9.72. The highest BCUT2D eigenvalue weighted by molar-refractivity contribution is 5.95. The Morgan fingerprint density at radius 3 is 2.80 bits per heavy atom. The van der Waals surface area contributed by atoms with Gasteiger partial charge in [0.15, 0.2) is 0 Å². The van der Waals surface area contributed by atoms with Gasteiger partial charge >= 0.3 is 0 Å². The second kappa shape index (κ2) is 5.43. The van der Waals surface area contributed by atoms with Crippen molar-refractivity contribution in [3.8, 4) is 0 Å². The summed E-state index contributed by atoms with van der Waals surface area (Å²) >= 11 is 0. The molecule has 0 fully saturated rings. The molecular formula is C16H17N3O. The monoisotopic (exact) mass is 267 g/mol. The van der Waals surface area contributed by atoms with E-state index in [1.54, 1.807) is 6.20 Å². The number of nitrogens with one attached hydrogen (secondary N) is 2. The molecule has 1 aromatic carbocycles. The highest BCUT2D eigenvalue weighted by atomic mass is 16.2. The highest BCUT2D eigenvalue weighted by Crippen LogP contribution is 2.17. The standard InChI is InChI=1S/C16H17N3O/c1-11-6-7-14(10-17-11)19-16(20)15-8-12-4-2-3-5-13(12)9-18-15/h2-7,10,15,18H,8-9H2,1H3,(H,19,20). The minimum Gasteiger partial charge on any atom is -0.323 e. The molecular weight excluding hydrogens is 250 g/mol. The maximum Gasteiger partial charge on any atom is 0.241 e. The second-order valence-corrected chi connectivity index (χ2v) is 5.08. The first-order valence-electron chi connectivity index (χ1n) is 6.76. The fraction of sp³-hybridized carbons (Fsp3) is 0.250. The lowest BCUT2D eigenvalue weighted by Gasteiger charge is -2.25. The van der Waals surface area contributed by atoms with E-state index in [1.165, 1.54) is 11.1 Å². The fourth-order valence-electron chi connectivity index (χ4n) is 2.41. The van der Waals surface area contributed by atoms with E-state index in [4.69, 9.17) is 0 Å². The van der Waals surface area contributed by atoms with Crippen LogP contribution in [0, 0.1) is 6.92 Å². The van der Waals surface area contributed by atoms with Crippen LogP contribution in [-0.2, 0) is 17.8 Å². The molecule has 1 aliphatic heterocycles. The van der Waals surface area contributed by atoms with Gasteiger partial charge in [-0.3, -0.25) is 9.78 Å². The van der Waals surface area contributed by atoms with Crippen LogP contribution in [0.4, 0.5) is 5.69 Å². The Hall–Kier alpha value is -2.20. The highest BCUT2D eigenvalue weighted by Gasteiger charge is 2.23. The van der Waals surface area contributed by atoms with Crippen LogP contribution in [0.2, 0.25) is 0 Å². The van der Waals surface area contributed by atoms with Crippen LogP contribution < -0.4 is 10.6 Å². The molecule has 2 heterocycles. The molecule has 1 atom stereocenters. The van der Waals surface area contributed by atoms with Crippen LogP contribution in [-0.4, -0.2) is 16.9 Å². The molecule has 0 radical (unpaired) electrons. The number of anilines is 1. The Labute approximate surface area is 118 Å².